The molecular weight excluding hydrogens is 398 g/mol. The first-order valence-electron chi connectivity index (χ1n) is 9.25. The van der Waals surface area contributed by atoms with Gasteiger partial charge >= 0.3 is 0 Å². The average molecular weight is 417 g/mol. The number of carbonyl (C=O) groups excluding carboxylic acids is 2. The summed E-state index contributed by atoms with van der Waals surface area (Å²) in [6, 6.07) is 13.1. The molecule has 3 N–H and O–H groups in total. The molecule has 4 rings (SSSR count). The van der Waals surface area contributed by atoms with E-state index in [0.717, 1.165) is 15.6 Å². The number of thiophene rings is 1. The molecule has 2 amide bonds. The summed E-state index contributed by atoms with van der Waals surface area (Å²) in [6.45, 7) is 1.92. The lowest BCUT2D eigenvalue weighted by molar-refractivity contribution is 0.0961. The number of rotatable bonds is 5. The topological polar surface area (TPSA) is 96.0 Å². The summed E-state index contributed by atoms with van der Waals surface area (Å²) in [7, 11) is 1.54. The van der Waals surface area contributed by atoms with Gasteiger partial charge in [-0.05, 0) is 30.7 Å². The lowest BCUT2D eigenvalue weighted by Crippen LogP contribution is -2.19. The quantitative estimate of drug-likeness (QED) is 0.448. The minimum absolute atomic E-state index is 0.274. The molecule has 4 aromatic rings. The molecule has 150 valence electrons. The highest BCUT2D eigenvalue weighted by Gasteiger charge is 2.17. The van der Waals surface area contributed by atoms with Crippen LogP contribution in [0.15, 0.2) is 60.2 Å². The fraction of sp³-hybridized carbons (Fsp3) is 0.0909. The molecule has 0 fully saturated rings. The predicted molar refractivity (Wildman–Crippen MR) is 120 cm³/mol. The van der Waals surface area contributed by atoms with E-state index in [2.05, 4.69) is 25.9 Å². The number of hydrogen-bond acceptors (Lipinski definition) is 6. The zero-order chi connectivity index (χ0) is 21.1. The van der Waals surface area contributed by atoms with Gasteiger partial charge < -0.3 is 16.0 Å². The number of nitrogens with zero attached hydrogens (tertiary/aromatic N) is 2. The van der Waals surface area contributed by atoms with E-state index in [0.29, 0.717) is 28.5 Å². The van der Waals surface area contributed by atoms with Gasteiger partial charge in [0.1, 0.15) is 5.82 Å². The second-order valence-electron chi connectivity index (χ2n) is 6.59. The molecule has 0 radical (unpaired) electrons. The smallest absolute Gasteiger partial charge is 0.257 e. The maximum absolute atomic E-state index is 13.0. The van der Waals surface area contributed by atoms with E-state index in [-0.39, 0.29) is 11.8 Å². The van der Waals surface area contributed by atoms with Crippen LogP contribution < -0.4 is 16.0 Å². The van der Waals surface area contributed by atoms with E-state index < -0.39 is 0 Å². The highest BCUT2D eigenvalue weighted by molar-refractivity contribution is 7.17. The molecule has 3 aromatic heterocycles. The van der Waals surface area contributed by atoms with Crippen molar-refractivity contribution in [2.45, 2.75) is 6.92 Å². The summed E-state index contributed by atoms with van der Waals surface area (Å²) in [6.07, 6.45) is 3.12. The minimum atomic E-state index is -0.292. The highest BCUT2D eigenvalue weighted by atomic mass is 32.1. The molecule has 0 saturated carbocycles. The minimum Gasteiger partial charge on any atom is -0.355 e. The molecule has 30 heavy (non-hydrogen) atoms. The molecule has 0 atom stereocenters. The van der Waals surface area contributed by atoms with Crippen LogP contribution in [0.4, 0.5) is 17.3 Å². The third-order valence-corrected chi connectivity index (χ3v) is 5.56. The molecule has 7 nitrogen and oxygen atoms in total. The number of amides is 2. The Bertz CT molecular complexity index is 1250. The van der Waals surface area contributed by atoms with Gasteiger partial charge in [-0.3, -0.25) is 9.59 Å². The fourth-order valence-corrected chi connectivity index (χ4v) is 3.94. The first kappa shape index (κ1) is 19.5. The molecule has 0 spiro atoms. The lowest BCUT2D eigenvalue weighted by atomic mass is 10.1. The molecule has 0 aliphatic heterocycles. The second-order valence-corrected chi connectivity index (χ2v) is 7.50. The number of hydrogen-bond donors (Lipinski definition) is 3. The summed E-state index contributed by atoms with van der Waals surface area (Å²) in [5.74, 6) is 0.454. The van der Waals surface area contributed by atoms with Gasteiger partial charge in [-0.2, -0.15) is 0 Å². The van der Waals surface area contributed by atoms with Crippen LogP contribution in [0.5, 0.6) is 0 Å². The SMILES string of the molecule is CNC(=O)c1cnc(Nc2ncccc2C)c(NC(=O)c2csc3ccccc23)c1. The summed E-state index contributed by atoms with van der Waals surface area (Å²) >= 11 is 1.51. The van der Waals surface area contributed by atoms with Crippen molar-refractivity contribution >= 4 is 50.6 Å². The predicted octanol–water partition coefficient (Wildman–Crippen LogP) is 4.36. The van der Waals surface area contributed by atoms with Crippen LogP contribution in [0.1, 0.15) is 26.3 Å². The van der Waals surface area contributed by atoms with Crippen molar-refractivity contribution in [1.29, 1.82) is 0 Å². The zero-order valence-electron chi connectivity index (χ0n) is 16.4. The normalized spacial score (nSPS) is 10.6. The van der Waals surface area contributed by atoms with Crippen molar-refractivity contribution in [2.75, 3.05) is 17.7 Å². The number of aryl methyl sites for hydroxylation is 1. The van der Waals surface area contributed by atoms with Gasteiger partial charge in [0.05, 0.1) is 16.8 Å². The van der Waals surface area contributed by atoms with E-state index >= 15 is 0 Å². The van der Waals surface area contributed by atoms with Gasteiger partial charge in [-0.1, -0.05) is 24.3 Å². The average Bonchev–Trinajstić information content (AvgIpc) is 3.20. The number of anilines is 3. The highest BCUT2D eigenvalue weighted by Crippen LogP contribution is 2.29. The van der Waals surface area contributed by atoms with Crippen molar-refractivity contribution in [1.82, 2.24) is 15.3 Å². The van der Waals surface area contributed by atoms with E-state index in [1.165, 1.54) is 17.5 Å². The Morgan fingerprint density at radius 3 is 2.63 bits per heavy atom. The maximum Gasteiger partial charge on any atom is 0.257 e. The Kier molecular flexibility index (Phi) is 5.40. The van der Waals surface area contributed by atoms with Crippen molar-refractivity contribution in [2.24, 2.45) is 0 Å². The van der Waals surface area contributed by atoms with Gasteiger partial charge in [0.15, 0.2) is 5.82 Å². The maximum atomic E-state index is 13.0. The van der Waals surface area contributed by atoms with Crippen LogP contribution in [-0.2, 0) is 0 Å². The van der Waals surface area contributed by atoms with Gasteiger partial charge in [0.2, 0.25) is 0 Å². The first-order chi connectivity index (χ1) is 14.6. The second kappa shape index (κ2) is 8.30. The fourth-order valence-electron chi connectivity index (χ4n) is 3.00. The number of carbonyl (C=O) groups is 2. The van der Waals surface area contributed by atoms with Crippen molar-refractivity contribution in [3.8, 4) is 0 Å². The molecule has 0 unspecified atom stereocenters. The van der Waals surface area contributed by atoms with E-state index in [9.17, 15) is 9.59 Å². The van der Waals surface area contributed by atoms with Gasteiger partial charge in [0.25, 0.3) is 11.8 Å². The van der Waals surface area contributed by atoms with Gasteiger partial charge in [-0.15, -0.1) is 11.3 Å². The summed E-state index contributed by atoms with van der Waals surface area (Å²) in [5, 5.41) is 11.3. The molecule has 0 aliphatic rings. The Hall–Kier alpha value is -3.78. The van der Waals surface area contributed by atoms with Gasteiger partial charge in [-0.25, -0.2) is 9.97 Å². The number of nitrogens with one attached hydrogen (secondary N) is 3. The number of pyridine rings is 2. The van der Waals surface area contributed by atoms with Crippen molar-refractivity contribution in [3.63, 3.8) is 0 Å². The molecular formula is C22H19N5O2S. The van der Waals surface area contributed by atoms with Crippen LogP contribution in [0, 0.1) is 6.92 Å². The first-order valence-corrected chi connectivity index (χ1v) is 10.1. The third kappa shape index (κ3) is 3.85. The Morgan fingerprint density at radius 2 is 1.83 bits per heavy atom. The van der Waals surface area contributed by atoms with Crippen LogP contribution in [0.25, 0.3) is 10.1 Å². The van der Waals surface area contributed by atoms with Crippen LogP contribution >= 0.6 is 11.3 Å². The summed E-state index contributed by atoms with van der Waals surface area (Å²) < 4.78 is 1.03. The van der Waals surface area contributed by atoms with Crippen molar-refractivity contribution < 1.29 is 9.59 Å². The molecule has 0 aliphatic carbocycles. The molecule has 0 saturated heterocycles. The lowest BCUT2D eigenvalue weighted by Gasteiger charge is -2.14. The van der Waals surface area contributed by atoms with Crippen molar-refractivity contribution in [3.05, 3.63) is 76.9 Å². The summed E-state index contributed by atoms with van der Waals surface area (Å²) in [4.78, 5) is 33.8. The van der Waals surface area contributed by atoms with Gasteiger partial charge in [0, 0.05) is 34.9 Å². The molecule has 1 aromatic carbocycles. The largest absolute Gasteiger partial charge is 0.355 e. The van der Waals surface area contributed by atoms with Crippen LogP contribution in [0.3, 0.4) is 0 Å². The van der Waals surface area contributed by atoms with E-state index in [1.807, 2.05) is 48.7 Å². The number of benzene rings is 1. The van der Waals surface area contributed by atoms with Crippen LogP contribution in [0.2, 0.25) is 0 Å². The Labute approximate surface area is 177 Å². The molecule has 3 heterocycles. The van der Waals surface area contributed by atoms with Crippen LogP contribution in [-0.4, -0.2) is 28.8 Å². The number of aromatic nitrogens is 2. The Morgan fingerprint density at radius 1 is 1.00 bits per heavy atom. The zero-order valence-corrected chi connectivity index (χ0v) is 17.2. The Balaban J connectivity index is 1.71. The monoisotopic (exact) mass is 417 g/mol. The third-order valence-electron chi connectivity index (χ3n) is 4.60. The standard InChI is InChI=1S/C22H19N5O2S/c1-13-6-5-9-24-19(13)27-20-17(10-14(11-25-20)21(28)23-2)26-22(29)16-12-30-18-8-4-3-7-15(16)18/h3-12H,1-2H3,(H,23,28)(H,26,29)(H,24,25,27). The molecule has 8 heteroatoms. The van der Waals surface area contributed by atoms with E-state index in [4.69, 9.17) is 0 Å². The molecule has 0 bridgehead atoms. The number of fused-ring (bicyclic) bond motifs is 1. The summed E-state index contributed by atoms with van der Waals surface area (Å²) in [5.41, 5.74) is 2.23. The van der Waals surface area contributed by atoms with E-state index in [1.54, 1.807) is 19.3 Å².